The van der Waals surface area contributed by atoms with E-state index < -0.39 is 11.0 Å². The van der Waals surface area contributed by atoms with Crippen molar-refractivity contribution in [1.29, 1.82) is 5.26 Å². The molecule has 3 aromatic rings. The van der Waals surface area contributed by atoms with E-state index in [1.54, 1.807) is 0 Å². The fourth-order valence-corrected chi connectivity index (χ4v) is 6.14. The van der Waals surface area contributed by atoms with Gasteiger partial charge in [0.2, 0.25) is 5.91 Å². The Labute approximate surface area is 225 Å². The van der Waals surface area contributed by atoms with Crippen molar-refractivity contribution < 1.29 is 9.59 Å². The van der Waals surface area contributed by atoms with Gasteiger partial charge < -0.3 is 19.5 Å². The van der Waals surface area contributed by atoms with Crippen molar-refractivity contribution >= 4 is 17.9 Å². The lowest BCUT2D eigenvalue weighted by Crippen LogP contribution is -2.56. The van der Waals surface area contributed by atoms with Crippen molar-refractivity contribution in [2.75, 3.05) is 37.7 Å². The van der Waals surface area contributed by atoms with Crippen LogP contribution in [0.1, 0.15) is 36.8 Å². The third kappa shape index (κ3) is 4.70. The summed E-state index contributed by atoms with van der Waals surface area (Å²) in [7, 11) is 0. The molecule has 0 aliphatic carbocycles. The number of aldehydes is 1. The van der Waals surface area contributed by atoms with Crippen molar-refractivity contribution in [2.45, 2.75) is 36.6 Å². The Bertz CT molecular complexity index is 1230. The Morgan fingerprint density at radius 1 is 0.842 bits per heavy atom. The van der Waals surface area contributed by atoms with Gasteiger partial charge in [0.25, 0.3) is 0 Å². The van der Waals surface area contributed by atoms with E-state index >= 15 is 0 Å². The quantitative estimate of drug-likeness (QED) is 0.396. The molecule has 2 saturated heterocycles. The number of hydrogen-bond acceptors (Lipinski definition) is 5. The predicted molar refractivity (Wildman–Crippen MR) is 148 cm³/mol. The highest BCUT2D eigenvalue weighted by atomic mass is 16.2. The minimum absolute atomic E-state index is 0.128. The maximum absolute atomic E-state index is 13.7. The number of piperidine rings is 1. The molecule has 0 bridgehead atoms. The number of hydrogen-bond donors (Lipinski definition) is 0. The zero-order valence-corrected chi connectivity index (χ0v) is 21.7. The molecule has 1 spiro atoms. The molecular weight excluding hydrogens is 472 g/mol. The van der Waals surface area contributed by atoms with E-state index in [9.17, 15) is 14.9 Å². The molecule has 0 atom stereocenters. The minimum Gasteiger partial charge on any atom is -0.339 e. The third-order valence-corrected chi connectivity index (χ3v) is 8.31. The van der Waals surface area contributed by atoms with Crippen molar-refractivity contribution in [3.05, 3.63) is 102 Å². The zero-order chi connectivity index (χ0) is 26.4. The van der Waals surface area contributed by atoms with Crippen LogP contribution in [-0.4, -0.2) is 60.4 Å². The van der Waals surface area contributed by atoms with Gasteiger partial charge in [-0.2, -0.15) is 5.26 Å². The first-order valence-corrected chi connectivity index (χ1v) is 13.4. The number of anilines is 1. The fourth-order valence-electron chi connectivity index (χ4n) is 6.14. The van der Waals surface area contributed by atoms with E-state index in [2.05, 4.69) is 28.0 Å². The van der Waals surface area contributed by atoms with Gasteiger partial charge in [-0.15, -0.1) is 0 Å². The molecule has 2 aliphatic rings. The standard InChI is InChI=1S/C32H34N4O2/c33-25-31(27-11-4-1-5-12-27,28-13-6-2-7-14-28)17-21-34-22-18-32(19-23-34)30(38)35(20-10-24-37)26-36(32)29-15-8-3-9-16-29/h1-9,11-16,24H,10,17-23,26H2. The lowest BCUT2D eigenvalue weighted by atomic mass is 9.73. The maximum Gasteiger partial charge on any atom is 0.250 e. The smallest absolute Gasteiger partial charge is 0.250 e. The molecule has 0 radical (unpaired) electrons. The molecule has 6 nitrogen and oxygen atoms in total. The average molecular weight is 507 g/mol. The lowest BCUT2D eigenvalue weighted by Gasteiger charge is -2.44. The molecule has 3 aromatic carbocycles. The van der Waals surface area contributed by atoms with Crippen molar-refractivity contribution in [2.24, 2.45) is 0 Å². The highest BCUT2D eigenvalue weighted by molar-refractivity contribution is 5.93. The molecule has 0 unspecified atom stereocenters. The summed E-state index contributed by atoms with van der Waals surface area (Å²) in [6.07, 6.45) is 3.34. The second kappa shape index (κ2) is 11.2. The Hall–Kier alpha value is -3.95. The molecule has 194 valence electrons. The Balaban J connectivity index is 1.34. The van der Waals surface area contributed by atoms with E-state index in [0.29, 0.717) is 38.9 Å². The van der Waals surface area contributed by atoms with Crippen molar-refractivity contribution in [1.82, 2.24) is 9.80 Å². The van der Waals surface area contributed by atoms with Gasteiger partial charge >= 0.3 is 0 Å². The summed E-state index contributed by atoms with van der Waals surface area (Å²) in [6, 6.07) is 32.9. The number of carbonyl (C=O) groups is 2. The predicted octanol–water partition coefficient (Wildman–Crippen LogP) is 4.62. The molecular formula is C32H34N4O2. The minimum atomic E-state index is -0.734. The second-order valence-electron chi connectivity index (χ2n) is 10.3. The van der Waals surface area contributed by atoms with Gasteiger partial charge in [-0.1, -0.05) is 78.9 Å². The van der Waals surface area contributed by atoms with Crippen LogP contribution in [-0.2, 0) is 15.0 Å². The van der Waals surface area contributed by atoms with E-state index in [-0.39, 0.29) is 5.91 Å². The number of nitriles is 1. The van der Waals surface area contributed by atoms with Gasteiger partial charge in [-0.25, -0.2) is 0 Å². The van der Waals surface area contributed by atoms with Gasteiger partial charge in [-0.3, -0.25) is 4.79 Å². The monoisotopic (exact) mass is 506 g/mol. The van der Waals surface area contributed by atoms with Gasteiger partial charge in [-0.05, 0) is 42.5 Å². The van der Waals surface area contributed by atoms with E-state index in [1.807, 2.05) is 83.8 Å². The summed E-state index contributed by atoms with van der Waals surface area (Å²) in [5, 5.41) is 10.5. The summed E-state index contributed by atoms with van der Waals surface area (Å²) in [4.78, 5) is 31.2. The van der Waals surface area contributed by atoms with Gasteiger partial charge in [0.05, 0.1) is 12.7 Å². The molecule has 5 rings (SSSR count). The number of likely N-dealkylation sites (tertiary alicyclic amines) is 1. The highest BCUT2D eigenvalue weighted by Crippen LogP contribution is 2.40. The SMILES string of the molecule is N#CC(CCN1CCC2(CC1)C(=O)N(CCC=O)CN2c1ccccc1)(c1ccccc1)c1ccccc1. The second-order valence-corrected chi connectivity index (χ2v) is 10.3. The first-order chi connectivity index (χ1) is 18.6. The molecule has 2 aliphatic heterocycles. The fraction of sp³-hybridized carbons (Fsp3) is 0.344. The van der Waals surface area contributed by atoms with Crippen LogP contribution in [0, 0.1) is 11.3 Å². The van der Waals surface area contributed by atoms with E-state index in [1.165, 1.54) is 0 Å². The van der Waals surface area contributed by atoms with Crippen LogP contribution in [0.5, 0.6) is 0 Å². The van der Waals surface area contributed by atoms with Crippen LogP contribution >= 0.6 is 0 Å². The molecule has 0 saturated carbocycles. The van der Waals surface area contributed by atoms with Gasteiger partial charge in [0.15, 0.2) is 0 Å². The molecule has 1 amide bonds. The summed E-state index contributed by atoms with van der Waals surface area (Å²) < 4.78 is 0. The van der Waals surface area contributed by atoms with Crippen LogP contribution in [0.15, 0.2) is 91.0 Å². The summed E-state index contributed by atoms with van der Waals surface area (Å²) in [6.45, 7) is 3.29. The number of rotatable bonds is 9. The molecule has 6 heteroatoms. The number of benzene rings is 3. The summed E-state index contributed by atoms with van der Waals surface area (Å²) in [5.41, 5.74) is 1.73. The first kappa shape index (κ1) is 25.7. The maximum atomic E-state index is 13.7. The van der Waals surface area contributed by atoms with Crippen molar-refractivity contribution in [3.63, 3.8) is 0 Å². The average Bonchev–Trinajstić information content (AvgIpc) is 3.25. The van der Waals surface area contributed by atoms with Crippen LogP contribution in [0.2, 0.25) is 0 Å². The summed E-state index contributed by atoms with van der Waals surface area (Å²) in [5.74, 6) is 0.128. The van der Waals surface area contributed by atoms with E-state index in [4.69, 9.17) is 0 Å². The zero-order valence-electron chi connectivity index (χ0n) is 21.7. The topological polar surface area (TPSA) is 67.6 Å². The Kier molecular flexibility index (Phi) is 7.57. The number of carbonyl (C=O) groups excluding carboxylic acids is 2. The van der Waals surface area contributed by atoms with E-state index in [0.717, 1.165) is 42.7 Å². The number of amides is 1. The van der Waals surface area contributed by atoms with Crippen LogP contribution in [0.3, 0.4) is 0 Å². The molecule has 2 fully saturated rings. The van der Waals surface area contributed by atoms with Crippen molar-refractivity contribution in [3.8, 4) is 6.07 Å². The largest absolute Gasteiger partial charge is 0.339 e. The first-order valence-electron chi connectivity index (χ1n) is 13.4. The molecule has 2 heterocycles. The lowest BCUT2D eigenvalue weighted by molar-refractivity contribution is -0.133. The summed E-state index contributed by atoms with van der Waals surface area (Å²) >= 11 is 0. The van der Waals surface area contributed by atoms with Crippen LogP contribution < -0.4 is 4.90 Å². The molecule has 38 heavy (non-hydrogen) atoms. The third-order valence-electron chi connectivity index (χ3n) is 8.31. The number of nitrogens with zero attached hydrogens (tertiary/aromatic N) is 4. The Morgan fingerprint density at radius 3 is 1.92 bits per heavy atom. The normalized spacial score (nSPS) is 17.5. The molecule has 0 N–H and O–H groups in total. The highest BCUT2D eigenvalue weighted by Gasteiger charge is 2.53. The Morgan fingerprint density at radius 2 is 1.39 bits per heavy atom. The van der Waals surface area contributed by atoms with Crippen LogP contribution in [0.4, 0.5) is 5.69 Å². The number of para-hydroxylation sites is 1. The molecule has 0 aromatic heterocycles. The van der Waals surface area contributed by atoms with Gasteiger partial charge in [0, 0.05) is 38.3 Å². The van der Waals surface area contributed by atoms with Gasteiger partial charge in [0.1, 0.15) is 17.2 Å². The van der Waals surface area contributed by atoms with Crippen LogP contribution in [0.25, 0.3) is 0 Å².